The number of hydrogen-bond acceptors (Lipinski definition) is 0. The van der Waals surface area contributed by atoms with Gasteiger partial charge >= 0.3 is 80.0 Å². The summed E-state index contributed by atoms with van der Waals surface area (Å²) in [6, 6.07) is 0. The summed E-state index contributed by atoms with van der Waals surface area (Å²) in [5.74, 6) is 2.40. The van der Waals surface area contributed by atoms with Crippen LogP contribution >= 0.6 is 0 Å². The minimum absolute atomic E-state index is 0.390. The molecule has 0 aromatic rings. The van der Waals surface area contributed by atoms with Gasteiger partial charge in [-0.15, -0.1) is 0 Å². The second-order valence-electron chi connectivity index (χ2n) is 3.16. The van der Waals surface area contributed by atoms with E-state index in [2.05, 4.69) is 36.1 Å². The third-order valence-corrected chi connectivity index (χ3v) is 5.42. The van der Waals surface area contributed by atoms with Crippen molar-refractivity contribution in [3.05, 3.63) is 45.9 Å². The summed E-state index contributed by atoms with van der Waals surface area (Å²) in [5, 5.41) is 0. The first-order chi connectivity index (χ1) is 5.92. The Kier molecular flexibility index (Phi) is 2.36. The molecule has 12 heavy (non-hydrogen) atoms. The fourth-order valence-corrected chi connectivity index (χ4v) is 4.22. The van der Waals surface area contributed by atoms with Gasteiger partial charge in [0.15, 0.2) is 0 Å². The van der Waals surface area contributed by atoms with E-state index < -0.39 is 15.4 Å². The van der Waals surface area contributed by atoms with Gasteiger partial charge in [-0.2, -0.15) is 0 Å². The van der Waals surface area contributed by atoms with Gasteiger partial charge in [-0.1, -0.05) is 0 Å². The van der Waals surface area contributed by atoms with Crippen LogP contribution in [0.15, 0.2) is 39.9 Å². The Morgan fingerprint density at radius 3 is 2.92 bits per heavy atom. The van der Waals surface area contributed by atoms with Crippen LogP contribution < -0.4 is 0 Å². The van der Waals surface area contributed by atoms with Crippen molar-refractivity contribution in [2.75, 3.05) is 0 Å². The van der Waals surface area contributed by atoms with Crippen LogP contribution in [0.3, 0.4) is 0 Å². The molecule has 0 saturated heterocycles. The SMILES string of the molecule is [CH3][GeH2][C]1=C(C2=[C]CC=C2)CC=C1. The Bertz CT molecular complexity index is 303. The second kappa shape index (κ2) is 3.48. The quantitative estimate of drug-likeness (QED) is 0.622. The molecule has 2 aliphatic carbocycles. The first-order valence-corrected chi connectivity index (χ1v) is 9.03. The summed E-state index contributed by atoms with van der Waals surface area (Å²) in [7, 11) is 0. The number of allylic oxidation sites excluding steroid dienone is 8. The molecule has 0 spiro atoms. The van der Waals surface area contributed by atoms with Gasteiger partial charge in [-0.3, -0.25) is 0 Å². The second-order valence-corrected chi connectivity index (χ2v) is 6.24. The van der Waals surface area contributed by atoms with Crippen molar-refractivity contribution < 1.29 is 0 Å². The fraction of sp³-hybridized carbons (Fsp3) is 0.273. The molecule has 1 radical (unpaired) electrons. The van der Waals surface area contributed by atoms with Crippen LogP contribution in [0.25, 0.3) is 0 Å². The minimum atomic E-state index is -0.390. The molecule has 1 heteroatoms. The van der Waals surface area contributed by atoms with E-state index >= 15 is 0 Å². The Balaban J connectivity index is 2.29. The molecule has 0 aromatic carbocycles. The summed E-state index contributed by atoms with van der Waals surface area (Å²) in [6.45, 7) is 0. The van der Waals surface area contributed by atoms with Gasteiger partial charge < -0.3 is 0 Å². The van der Waals surface area contributed by atoms with Crippen LogP contribution in [0.5, 0.6) is 0 Å². The Morgan fingerprint density at radius 2 is 2.25 bits per heavy atom. The first kappa shape index (κ1) is 8.12. The zero-order valence-electron chi connectivity index (χ0n) is 7.43. The molecule has 0 heterocycles. The van der Waals surface area contributed by atoms with Crippen LogP contribution in [-0.4, -0.2) is 15.4 Å². The van der Waals surface area contributed by atoms with Crippen molar-refractivity contribution in [2.45, 2.75) is 18.6 Å². The summed E-state index contributed by atoms with van der Waals surface area (Å²) < 4.78 is 1.68. The summed E-state index contributed by atoms with van der Waals surface area (Å²) in [4.78, 5) is 0. The van der Waals surface area contributed by atoms with Crippen LogP contribution in [0.4, 0.5) is 0 Å². The van der Waals surface area contributed by atoms with Crippen LogP contribution in [0, 0.1) is 6.08 Å². The van der Waals surface area contributed by atoms with Gasteiger partial charge in [0, 0.05) is 0 Å². The van der Waals surface area contributed by atoms with Gasteiger partial charge in [0.2, 0.25) is 0 Å². The maximum atomic E-state index is 3.40. The molecule has 61 valence electrons. The molecule has 2 aliphatic rings. The van der Waals surface area contributed by atoms with Gasteiger partial charge in [0.1, 0.15) is 0 Å². The fourth-order valence-electron chi connectivity index (χ4n) is 1.78. The van der Waals surface area contributed by atoms with E-state index in [4.69, 9.17) is 0 Å². The Morgan fingerprint density at radius 1 is 1.33 bits per heavy atom. The van der Waals surface area contributed by atoms with E-state index in [1.54, 1.807) is 9.98 Å². The molecular weight excluding hydrogens is 205 g/mol. The zero-order chi connectivity index (χ0) is 8.39. The third kappa shape index (κ3) is 1.36. The van der Waals surface area contributed by atoms with E-state index in [1.807, 2.05) is 0 Å². The van der Waals surface area contributed by atoms with Gasteiger partial charge in [0.25, 0.3) is 0 Å². The van der Waals surface area contributed by atoms with E-state index in [0.29, 0.717) is 0 Å². The van der Waals surface area contributed by atoms with E-state index in [-0.39, 0.29) is 0 Å². The van der Waals surface area contributed by atoms with Crippen molar-refractivity contribution in [3.63, 3.8) is 0 Å². The van der Waals surface area contributed by atoms with E-state index in [1.165, 1.54) is 5.57 Å². The molecule has 0 amide bonds. The normalized spacial score (nSPS) is 21.9. The third-order valence-electron chi connectivity index (χ3n) is 2.43. The molecule has 0 fully saturated rings. The molecule has 0 bridgehead atoms. The maximum absolute atomic E-state index is 3.40. The van der Waals surface area contributed by atoms with Gasteiger partial charge in [-0.05, 0) is 0 Å². The molecule has 0 aromatic heterocycles. The van der Waals surface area contributed by atoms with Crippen molar-refractivity contribution in [3.8, 4) is 0 Å². The van der Waals surface area contributed by atoms with E-state index in [0.717, 1.165) is 12.8 Å². The summed E-state index contributed by atoms with van der Waals surface area (Å²) >= 11 is -0.390. The topological polar surface area (TPSA) is 0 Å². The van der Waals surface area contributed by atoms with Gasteiger partial charge in [-0.25, -0.2) is 0 Å². The van der Waals surface area contributed by atoms with Crippen molar-refractivity contribution >= 4 is 15.4 Å². The first-order valence-electron chi connectivity index (χ1n) is 4.58. The summed E-state index contributed by atoms with van der Waals surface area (Å²) in [6.07, 6.45) is 14.6. The molecule has 0 atom stereocenters. The monoisotopic (exact) mass is 219 g/mol. The average Bonchev–Trinajstić information content (AvgIpc) is 2.74. The molecule has 0 saturated carbocycles. The Hall–Kier alpha value is -0.497. The molecule has 0 N–H and O–H groups in total. The van der Waals surface area contributed by atoms with Crippen LogP contribution in [0.2, 0.25) is 5.76 Å². The summed E-state index contributed by atoms with van der Waals surface area (Å²) in [5.41, 5.74) is 2.95. The van der Waals surface area contributed by atoms with E-state index in [9.17, 15) is 0 Å². The molecule has 0 nitrogen and oxygen atoms in total. The van der Waals surface area contributed by atoms with Crippen molar-refractivity contribution in [1.29, 1.82) is 0 Å². The number of hydrogen-bond donors (Lipinski definition) is 0. The zero-order valence-corrected chi connectivity index (χ0v) is 10.4. The Labute approximate surface area is 80.2 Å². The predicted molar refractivity (Wildman–Crippen MR) is 55.7 cm³/mol. The van der Waals surface area contributed by atoms with Crippen LogP contribution in [-0.2, 0) is 0 Å². The predicted octanol–water partition coefficient (Wildman–Crippen LogP) is 2.11. The molecule has 0 unspecified atom stereocenters. The molecular formula is C11H13Ge. The number of rotatable bonds is 2. The van der Waals surface area contributed by atoms with Crippen molar-refractivity contribution in [2.24, 2.45) is 0 Å². The van der Waals surface area contributed by atoms with Crippen molar-refractivity contribution in [1.82, 2.24) is 0 Å². The molecule has 0 aliphatic heterocycles. The standard InChI is InChI=1S/C11H13Ge/c1-12-11-8-4-7-10(11)9-5-2-3-6-9/h2,4-5,8H,3,7,12H2,1H3. The van der Waals surface area contributed by atoms with Gasteiger partial charge in [0.05, 0.1) is 0 Å². The molecule has 2 rings (SSSR count). The average molecular weight is 218 g/mol. The van der Waals surface area contributed by atoms with Crippen LogP contribution in [0.1, 0.15) is 12.8 Å².